The van der Waals surface area contributed by atoms with Crippen molar-refractivity contribution in [1.82, 2.24) is 10.2 Å². The predicted molar refractivity (Wildman–Crippen MR) is 189 cm³/mol. The molecule has 11 heteroatoms. The molecule has 2 aliphatic rings. The van der Waals surface area contributed by atoms with Gasteiger partial charge >= 0.3 is 5.91 Å². The lowest BCUT2D eigenvalue weighted by atomic mass is 9.94. The molecule has 248 valence electrons. The van der Waals surface area contributed by atoms with Gasteiger partial charge in [0.1, 0.15) is 24.2 Å². The second-order valence-electron chi connectivity index (χ2n) is 11.7. The molecule has 1 N–H and O–H groups in total. The number of hydrogen-bond donors (Lipinski definition) is 1. The normalized spacial score (nSPS) is 18.0. The molecule has 5 aromatic rings. The molecule has 0 aliphatic carbocycles. The summed E-state index contributed by atoms with van der Waals surface area (Å²) in [5.41, 5.74) is 3.95. The van der Waals surface area contributed by atoms with Crippen molar-refractivity contribution in [3.8, 4) is 17.2 Å². The number of thioether (sulfide) groups is 1. The Morgan fingerprint density at radius 3 is 2.45 bits per heavy atom. The van der Waals surface area contributed by atoms with Gasteiger partial charge in [-0.1, -0.05) is 89.8 Å². The Bertz CT molecular complexity index is 2030. The van der Waals surface area contributed by atoms with Crippen molar-refractivity contribution in [3.05, 3.63) is 130 Å². The number of Topliss-reactive ketones (excluding diaryl/α,β-unsaturated/α-hetero) is 1. The average Bonchev–Trinajstić information content (AvgIpc) is 3.82. The van der Waals surface area contributed by atoms with Crippen molar-refractivity contribution in [1.29, 1.82) is 0 Å². The molecule has 2 aliphatic heterocycles. The molecule has 0 bridgehead atoms. The number of aromatic nitrogens is 2. The van der Waals surface area contributed by atoms with Crippen LogP contribution in [0.25, 0.3) is 5.76 Å². The highest BCUT2D eigenvalue weighted by atomic mass is 32.2. The highest BCUT2D eigenvalue weighted by molar-refractivity contribution is 8.00. The summed E-state index contributed by atoms with van der Waals surface area (Å²) in [7, 11) is 0. The number of ketones is 1. The lowest BCUT2D eigenvalue weighted by molar-refractivity contribution is -0.132. The summed E-state index contributed by atoms with van der Waals surface area (Å²) in [6.45, 7) is 4.53. The van der Waals surface area contributed by atoms with E-state index < -0.39 is 17.7 Å². The SMILES string of the molecule is CCOc1cc(C2C(=C(O)c3ccc4c(c3)CC(C)O4)C(=O)C(=O)N2c2nnc(SCc3ccccc3)s2)ccc1OCc1ccccc1. The molecule has 2 atom stereocenters. The number of ether oxygens (including phenoxy) is 3. The molecule has 0 spiro atoms. The molecule has 1 amide bonds. The molecule has 1 saturated heterocycles. The van der Waals surface area contributed by atoms with E-state index in [4.69, 9.17) is 14.2 Å². The van der Waals surface area contributed by atoms with E-state index in [1.54, 1.807) is 30.3 Å². The number of hydrogen-bond acceptors (Lipinski definition) is 10. The number of nitrogens with zero attached hydrogens (tertiary/aromatic N) is 3. The second-order valence-corrected chi connectivity index (χ2v) is 13.8. The molecule has 49 heavy (non-hydrogen) atoms. The predicted octanol–water partition coefficient (Wildman–Crippen LogP) is 7.76. The molecule has 1 aromatic heterocycles. The zero-order chi connectivity index (χ0) is 33.9. The van der Waals surface area contributed by atoms with Gasteiger partial charge in [-0.3, -0.25) is 14.5 Å². The summed E-state index contributed by atoms with van der Waals surface area (Å²) in [6.07, 6.45) is 0.675. The maximum absolute atomic E-state index is 13.9. The van der Waals surface area contributed by atoms with Crippen molar-refractivity contribution in [2.45, 2.75) is 49.1 Å². The van der Waals surface area contributed by atoms with Gasteiger partial charge in [-0.05, 0) is 66.4 Å². The van der Waals surface area contributed by atoms with Gasteiger partial charge in [-0.25, -0.2) is 0 Å². The lowest BCUT2D eigenvalue weighted by Crippen LogP contribution is -2.29. The quantitative estimate of drug-likeness (QED) is 0.0489. The van der Waals surface area contributed by atoms with Crippen LogP contribution >= 0.6 is 23.1 Å². The second kappa shape index (κ2) is 14.2. The van der Waals surface area contributed by atoms with Gasteiger partial charge in [0.05, 0.1) is 18.2 Å². The zero-order valence-electron chi connectivity index (χ0n) is 26.9. The number of carbonyl (C=O) groups is 2. The molecule has 7 rings (SSSR count). The maximum atomic E-state index is 13.9. The number of rotatable bonds is 11. The fourth-order valence-corrected chi connectivity index (χ4v) is 7.79. The van der Waals surface area contributed by atoms with E-state index in [0.29, 0.717) is 52.4 Å². The Balaban J connectivity index is 1.28. The number of aliphatic hydroxyl groups excluding tert-OH is 1. The first-order valence-corrected chi connectivity index (χ1v) is 17.7. The molecule has 3 heterocycles. The standard InChI is InChI=1S/C38H33N3O6S2/c1-3-45-31-20-26(14-17-30(31)46-21-24-10-6-4-7-11-24)33-32(34(42)27-15-16-29-28(19-27)18-23(2)47-29)35(43)36(44)41(33)37-39-40-38(49-37)48-22-25-12-8-5-9-13-25/h4-17,19-20,23,33,42H,3,18,21-22H2,1-2H3. The Morgan fingerprint density at radius 1 is 0.939 bits per heavy atom. The number of carbonyl (C=O) groups excluding carboxylic acids is 2. The largest absolute Gasteiger partial charge is 0.507 e. The van der Waals surface area contributed by atoms with E-state index in [0.717, 1.165) is 22.4 Å². The molecule has 9 nitrogen and oxygen atoms in total. The van der Waals surface area contributed by atoms with Gasteiger partial charge in [-0.15, -0.1) is 10.2 Å². The first kappa shape index (κ1) is 32.4. The molecule has 2 unspecified atom stereocenters. The van der Waals surface area contributed by atoms with Gasteiger partial charge in [0.15, 0.2) is 15.8 Å². The Hall–Kier alpha value is -5.13. The Morgan fingerprint density at radius 2 is 1.69 bits per heavy atom. The van der Waals surface area contributed by atoms with Crippen LogP contribution < -0.4 is 19.1 Å². The third-order valence-corrected chi connectivity index (χ3v) is 10.4. The lowest BCUT2D eigenvalue weighted by Gasteiger charge is -2.24. The van der Waals surface area contributed by atoms with Gasteiger partial charge in [-0.2, -0.15) is 0 Å². The van der Waals surface area contributed by atoms with Crippen LogP contribution in [-0.4, -0.2) is 39.7 Å². The van der Waals surface area contributed by atoms with Gasteiger partial charge in [0, 0.05) is 17.7 Å². The minimum atomic E-state index is -1.01. The van der Waals surface area contributed by atoms with Crippen molar-refractivity contribution in [2.75, 3.05) is 11.5 Å². The van der Waals surface area contributed by atoms with E-state index in [9.17, 15) is 14.7 Å². The van der Waals surface area contributed by atoms with E-state index in [1.165, 1.54) is 28.0 Å². The summed E-state index contributed by atoms with van der Waals surface area (Å²) in [5.74, 6) is 0.463. The smallest absolute Gasteiger partial charge is 0.301 e. The molecule has 4 aromatic carbocycles. The summed E-state index contributed by atoms with van der Waals surface area (Å²) in [4.78, 5) is 29.1. The molecule has 1 fully saturated rings. The molecule has 0 radical (unpaired) electrons. The van der Waals surface area contributed by atoms with E-state index in [1.807, 2.05) is 80.6 Å². The van der Waals surface area contributed by atoms with Gasteiger partial charge in [0.2, 0.25) is 5.13 Å². The average molecular weight is 692 g/mol. The van der Waals surface area contributed by atoms with Crippen LogP contribution in [0.2, 0.25) is 0 Å². The number of fused-ring (bicyclic) bond motifs is 1. The summed E-state index contributed by atoms with van der Waals surface area (Å²) >= 11 is 2.71. The van der Waals surface area contributed by atoms with E-state index in [2.05, 4.69) is 10.2 Å². The van der Waals surface area contributed by atoms with Crippen molar-refractivity contribution in [2.24, 2.45) is 0 Å². The Kier molecular flexibility index (Phi) is 9.36. The van der Waals surface area contributed by atoms with Crippen LogP contribution in [0.5, 0.6) is 17.2 Å². The third-order valence-electron chi connectivity index (χ3n) is 8.24. The fraction of sp³-hybridized carbons (Fsp3) is 0.211. The van der Waals surface area contributed by atoms with Crippen LogP contribution in [0.3, 0.4) is 0 Å². The first-order valence-electron chi connectivity index (χ1n) is 15.9. The number of benzene rings is 4. The zero-order valence-corrected chi connectivity index (χ0v) is 28.5. The van der Waals surface area contributed by atoms with E-state index in [-0.39, 0.29) is 22.6 Å². The van der Waals surface area contributed by atoms with Crippen LogP contribution in [0.1, 0.15) is 47.7 Å². The van der Waals surface area contributed by atoms with Crippen molar-refractivity contribution < 1.29 is 28.9 Å². The Labute approximate surface area is 292 Å². The van der Waals surface area contributed by atoms with Crippen LogP contribution in [0, 0.1) is 0 Å². The monoisotopic (exact) mass is 691 g/mol. The highest BCUT2D eigenvalue weighted by Gasteiger charge is 2.48. The van der Waals surface area contributed by atoms with Crippen LogP contribution in [0.4, 0.5) is 5.13 Å². The molecular formula is C38H33N3O6S2. The first-order chi connectivity index (χ1) is 23.9. The summed E-state index contributed by atoms with van der Waals surface area (Å²) in [6, 6.07) is 29.4. The van der Waals surface area contributed by atoms with Crippen LogP contribution in [0.15, 0.2) is 107 Å². The molecule has 0 saturated carbocycles. The topological polar surface area (TPSA) is 111 Å². The van der Waals surface area contributed by atoms with Gasteiger partial charge < -0.3 is 19.3 Å². The van der Waals surface area contributed by atoms with E-state index >= 15 is 0 Å². The highest BCUT2D eigenvalue weighted by Crippen LogP contribution is 2.46. The summed E-state index contributed by atoms with van der Waals surface area (Å²) in [5, 5.41) is 20.7. The fourth-order valence-electron chi connectivity index (χ4n) is 5.97. The number of amides is 1. The number of anilines is 1. The third kappa shape index (κ3) is 6.77. The summed E-state index contributed by atoms with van der Waals surface area (Å²) < 4.78 is 18.6. The van der Waals surface area contributed by atoms with Crippen LogP contribution in [-0.2, 0) is 28.4 Å². The minimum absolute atomic E-state index is 0.00365. The van der Waals surface area contributed by atoms with Crippen molar-refractivity contribution in [3.63, 3.8) is 0 Å². The molecular weight excluding hydrogens is 659 g/mol. The minimum Gasteiger partial charge on any atom is -0.507 e. The maximum Gasteiger partial charge on any atom is 0.301 e. The van der Waals surface area contributed by atoms with Gasteiger partial charge in [0.25, 0.3) is 5.78 Å². The van der Waals surface area contributed by atoms with Crippen molar-refractivity contribution >= 4 is 45.7 Å². The number of aliphatic hydroxyl groups is 1.